The summed E-state index contributed by atoms with van der Waals surface area (Å²) in [5.74, 6) is 0.825. The first-order valence-electron chi connectivity index (χ1n) is 7.34. The molecular weight excluding hydrogens is 266 g/mol. The number of rotatable bonds is 5. The number of morpholine rings is 1. The summed E-state index contributed by atoms with van der Waals surface area (Å²) in [5, 5.41) is 9.09. The standard InChI is InChI=1S/C16H23N3O2/c1-3-15(18)16(12-5-4-6-13(9-12)20-2)19-7-8-21-14(10-17)11-19/h4-6,9,14-16H,3,7-8,11,18H2,1-2H3. The number of ether oxygens (including phenoxy) is 2. The van der Waals surface area contributed by atoms with Crippen LogP contribution in [-0.2, 0) is 4.74 Å². The first-order valence-corrected chi connectivity index (χ1v) is 7.34. The summed E-state index contributed by atoms with van der Waals surface area (Å²) in [6.07, 6.45) is 0.493. The van der Waals surface area contributed by atoms with Gasteiger partial charge >= 0.3 is 0 Å². The number of hydrogen-bond acceptors (Lipinski definition) is 5. The number of hydrogen-bond donors (Lipinski definition) is 1. The molecule has 1 heterocycles. The summed E-state index contributed by atoms with van der Waals surface area (Å²) < 4.78 is 10.7. The van der Waals surface area contributed by atoms with Gasteiger partial charge in [0, 0.05) is 19.1 Å². The van der Waals surface area contributed by atoms with Gasteiger partial charge in [-0.15, -0.1) is 0 Å². The number of nitrogens with zero attached hydrogens (tertiary/aromatic N) is 2. The highest BCUT2D eigenvalue weighted by Gasteiger charge is 2.30. The highest BCUT2D eigenvalue weighted by Crippen LogP contribution is 2.29. The Morgan fingerprint density at radius 3 is 3.05 bits per heavy atom. The molecule has 1 saturated heterocycles. The van der Waals surface area contributed by atoms with Crippen LogP contribution in [0, 0.1) is 11.3 Å². The van der Waals surface area contributed by atoms with Crippen LogP contribution in [0.1, 0.15) is 24.9 Å². The molecule has 5 heteroatoms. The molecule has 1 aliphatic heterocycles. The van der Waals surface area contributed by atoms with Crippen molar-refractivity contribution < 1.29 is 9.47 Å². The van der Waals surface area contributed by atoms with Crippen LogP contribution in [0.5, 0.6) is 5.75 Å². The van der Waals surface area contributed by atoms with E-state index in [4.69, 9.17) is 20.5 Å². The summed E-state index contributed by atoms with van der Waals surface area (Å²) in [6.45, 7) is 4.02. The van der Waals surface area contributed by atoms with Gasteiger partial charge in [-0.3, -0.25) is 4.90 Å². The highest BCUT2D eigenvalue weighted by atomic mass is 16.5. The largest absolute Gasteiger partial charge is 0.497 e. The Hall–Kier alpha value is -1.61. The van der Waals surface area contributed by atoms with Gasteiger partial charge in [0.25, 0.3) is 0 Å². The van der Waals surface area contributed by atoms with E-state index >= 15 is 0 Å². The van der Waals surface area contributed by atoms with Crippen molar-refractivity contribution in [3.8, 4) is 11.8 Å². The zero-order chi connectivity index (χ0) is 15.2. The zero-order valence-corrected chi connectivity index (χ0v) is 12.7. The zero-order valence-electron chi connectivity index (χ0n) is 12.7. The average Bonchev–Trinajstić information content (AvgIpc) is 2.55. The average molecular weight is 289 g/mol. The maximum absolute atomic E-state index is 9.09. The minimum atomic E-state index is -0.379. The molecular formula is C16H23N3O2. The predicted molar refractivity (Wildman–Crippen MR) is 80.9 cm³/mol. The second kappa shape index (κ2) is 7.41. The molecule has 114 valence electrons. The molecule has 3 atom stereocenters. The third-order valence-corrected chi connectivity index (χ3v) is 3.95. The lowest BCUT2D eigenvalue weighted by atomic mass is 9.95. The van der Waals surface area contributed by atoms with Crippen LogP contribution in [0.2, 0.25) is 0 Å². The second-order valence-electron chi connectivity index (χ2n) is 5.28. The Morgan fingerprint density at radius 1 is 1.57 bits per heavy atom. The summed E-state index contributed by atoms with van der Waals surface area (Å²) in [4.78, 5) is 2.25. The number of nitrogens with two attached hydrogens (primary N) is 1. The van der Waals surface area contributed by atoms with Crippen LogP contribution in [0.3, 0.4) is 0 Å². The lowest BCUT2D eigenvalue weighted by Gasteiger charge is -2.39. The van der Waals surface area contributed by atoms with Crippen molar-refractivity contribution in [3.63, 3.8) is 0 Å². The van der Waals surface area contributed by atoms with E-state index in [0.29, 0.717) is 13.2 Å². The van der Waals surface area contributed by atoms with Crippen molar-refractivity contribution in [2.24, 2.45) is 5.73 Å². The molecule has 3 unspecified atom stereocenters. The first kappa shape index (κ1) is 15.8. The Morgan fingerprint density at radius 2 is 2.38 bits per heavy atom. The Labute approximate surface area is 126 Å². The van der Waals surface area contributed by atoms with E-state index in [9.17, 15) is 0 Å². The molecule has 1 aliphatic rings. The van der Waals surface area contributed by atoms with Crippen LogP contribution in [-0.4, -0.2) is 43.9 Å². The van der Waals surface area contributed by atoms with Gasteiger partial charge in [0.15, 0.2) is 6.10 Å². The van der Waals surface area contributed by atoms with E-state index in [1.807, 2.05) is 18.2 Å². The van der Waals surface area contributed by atoms with Gasteiger partial charge in [0.2, 0.25) is 0 Å². The molecule has 0 aliphatic carbocycles. The predicted octanol–water partition coefficient (Wildman–Crippen LogP) is 1.70. The quantitative estimate of drug-likeness (QED) is 0.893. The van der Waals surface area contributed by atoms with Gasteiger partial charge in [-0.2, -0.15) is 5.26 Å². The monoisotopic (exact) mass is 289 g/mol. The van der Waals surface area contributed by atoms with Crippen LogP contribution < -0.4 is 10.5 Å². The van der Waals surface area contributed by atoms with Crippen molar-refractivity contribution in [2.75, 3.05) is 26.8 Å². The van der Waals surface area contributed by atoms with Gasteiger partial charge in [-0.05, 0) is 24.1 Å². The summed E-state index contributed by atoms with van der Waals surface area (Å²) >= 11 is 0. The second-order valence-corrected chi connectivity index (χ2v) is 5.28. The molecule has 0 radical (unpaired) electrons. The fraction of sp³-hybridized carbons (Fsp3) is 0.562. The number of benzene rings is 1. The molecule has 2 rings (SSSR count). The highest BCUT2D eigenvalue weighted by molar-refractivity contribution is 5.31. The molecule has 5 nitrogen and oxygen atoms in total. The Kier molecular flexibility index (Phi) is 5.57. The number of nitriles is 1. The van der Waals surface area contributed by atoms with Crippen molar-refractivity contribution >= 4 is 0 Å². The van der Waals surface area contributed by atoms with Gasteiger partial charge < -0.3 is 15.2 Å². The summed E-state index contributed by atoms with van der Waals surface area (Å²) in [6, 6.07) is 10.3. The molecule has 0 bridgehead atoms. The fourth-order valence-corrected chi connectivity index (χ4v) is 2.78. The Bertz CT molecular complexity index is 501. The molecule has 1 aromatic carbocycles. The van der Waals surface area contributed by atoms with Crippen LogP contribution in [0.15, 0.2) is 24.3 Å². The van der Waals surface area contributed by atoms with Gasteiger partial charge in [-0.1, -0.05) is 19.1 Å². The van der Waals surface area contributed by atoms with E-state index in [1.165, 1.54) is 0 Å². The molecule has 2 N–H and O–H groups in total. The first-order chi connectivity index (χ1) is 10.2. The third-order valence-electron chi connectivity index (χ3n) is 3.95. The fourth-order valence-electron chi connectivity index (χ4n) is 2.78. The molecule has 1 fully saturated rings. The van der Waals surface area contributed by atoms with Crippen LogP contribution in [0.25, 0.3) is 0 Å². The molecule has 21 heavy (non-hydrogen) atoms. The lowest BCUT2D eigenvalue weighted by molar-refractivity contribution is -0.0222. The maximum Gasteiger partial charge on any atom is 0.156 e. The minimum Gasteiger partial charge on any atom is -0.497 e. The number of methoxy groups -OCH3 is 1. The Balaban J connectivity index is 2.27. The SMILES string of the molecule is CCC(N)C(c1cccc(OC)c1)N1CCOC(C#N)C1. The smallest absolute Gasteiger partial charge is 0.156 e. The third kappa shape index (κ3) is 3.73. The minimum absolute atomic E-state index is 0.00884. The molecule has 0 amide bonds. The van der Waals surface area contributed by atoms with Crippen molar-refractivity contribution in [2.45, 2.75) is 31.5 Å². The topological polar surface area (TPSA) is 71.5 Å². The lowest BCUT2D eigenvalue weighted by Crippen LogP contribution is -2.49. The summed E-state index contributed by atoms with van der Waals surface area (Å²) in [7, 11) is 1.66. The van der Waals surface area contributed by atoms with E-state index in [2.05, 4.69) is 24.0 Å². The van der Waals surface area contributed by atoms with Gasteiger partial charge in [0.1, 0.15) is 5.75 Å². The van der Waals surface area contributed by atoms with Crippen LogP contribution in [0.4, 0.5) is 0 Å². The van der Waals surface area contributed by atoms with E-state index in [1.54, 1.807) is 7.11 Å². The van der Waals surface area contributed by atoms with Gasteiger partial charge in [0.05, 0.1) is 25.8 Å². The van der Waals surface area contributed by atoms with Crippen LogP contribution >= 0.6 is 0 Å². The van der Waals surface area contributed by atoms with Crippen molar-refractivity contribution in [1.29, 1.82) is 5.26 Å². The summed E-state index contributed by atoms with van der Waals surface area (Å²) in [5.41, 5.74) is 7.48. The molecule has 0 saturated carbocycles. The van der Waals surface area contributed by atoms with Crippen molar-refractivity contribution in [3.05, 3.63) is 29.8 Å². The van der Waals surface area contributed by atoms with E-state index in [0.717, 1.165) is 24.3 Å². The van der Waals surface area contributed by atoms with E-state index in [-0.39, 0.29) is 18.2 Å². The maximum atomic E-state index is 9.09. The normalized spacial score (nSPS) is 22.3. The van der Waals surface area contributed by atoms with Crippen molar-refractivity contribution in [1.82, 2.24) is 4.90 Å². The molecule has 0 spiro atoms. The van der Waals surface area contributed by atoms with Gasteiger partial charge in [-0.25, -0.2) is 0 Å². The molecule has 1 aromatic rings. The van der Waals surface area contributed by atoms with E-state index < -0.39 is 0 Å². The molecule has 0 aromatic heterocycles.